The van der Waals surface area contributed by atoms with Gasteiger partial charge in [-0.3, -0.25) is 0 Å². The first-order valence-corrected chi connectivity index (χ1v) is 3.86. The summed E-state index contributed by atoms with van der Waals surface area (Å²) in [6.07, 6.45) is 7.12. The highest BCUT2D eigenvalue weighted by atomic mass is 14.5. The van der Waals surface area contributed by atoms with E-state index in [1.165, 1.54) is 0 Å². The molecule has 1 nitrogen and oxygen atoms in total. The Bertz CT molecular complexity index is 112. The van der Waals surface area contributed by atoms with E-state index in [1.807, 2.05) is 0 Å². The molecule has 1 heteroatoms. The van der Waals surface area contributed by atoms with Crippen LogP contribution in [0.25, 0.3) is 0 Å². The number of rotatable bonds is 4. The summed E-state index contributed by atoms with van der Waals surface area (Å²) in [5.41, 5.74) is 5.49. The van der Waals surface area contributed by atoms with E-state index in [0.29, 0.717) is 11.8 Å². The van der Waals surface area contributed by atoms with Crippen molar-refractivity contribution in [3.8, 4) is 12.3 Å². The first kappa shape index (κ1) is 9.52. The van der Waals surface area contributed by atoms with E-state index in [1.54, 1.807) is 0 Å². The largest absolute Gasteiger partial charge is 0.330 e. The number of nitrogens with two attached hydrogens (primary N) is 1. The summed E-state index contributed by atoms with van der Waals surface area (Å²) in [6, 6.07) is 0. The molecule has 0 amide bonds. The molecule has 0 aliphatic carbocycles. The molecule has 0 fully saturated rings. The molecule has 0 heterocycles. The second kappa shape index (κ2) is 5.32. The predicted octanol–water partition coefficient (Wildman–Crippen LogP) is 1.63. The maximum atomic E-state index is 5.49. The van der Waals surface area contributed by atoms with Gasteiger partial charge in [0.25, 0.3) is 0 Å². The zero-order chi connectivity index (χ0) is 7.98. The standard InChI is InChI=1S/C9H17N/c1-4-5-6-8(2)9(3)7-10/h1,8-9H,5-7,10H2,2-3H3. The van der Waals surface area contributed by atoms with E-state index < -0.39 is 0 Å². The van der Waals surface area contributed by atoms with Gasteiger partial charge in [-0.15, -0.1) is 12.3 Å². The molecule has 2 unspecified atom stereocenters. The topological polar surface area (TPSA) is 26.0 Å². The normalized spacial score (nSPS) is 15.8. The summed E-state index contributed by atoms with van der Waals surface area (Å²) >= 11 is 0. The summed E-state index contributed by atoms with van der Waals surface area (Å²) in [5, 5.41) is 0. The lowest BCUT2D eigenvalue weighted by Gasteiger charge is -2.16. The van der Waals surface area contributed by atoms with Crippen LogP contribution in [0, 0.1) is 24.2 Å². The van der Waals surface area contributed by atoms with Crippen LogP contribution in [0.5, 0.6) is 0 Å². The van der Waals surface area contributed by atoms with E-state index >= 15 is 0 Å². The van der Waals surface area contributed by atoms with Gasteiger partial charge >= 0.3 is 0 Å². The summed E-state index contributed by atoms with van der Waals surface area (Å²) in [5.74, 6) is 3.91. The Labute approximate surface area is 64.0 Å². The molecule has 0 saturated heterocycles. The van der Waals surface area contributed by atoms with Crippen LogP contribution < -0.4 is 5.73 Å². The van der Waals surface area contributed by atoms with Crippen LogP contribution in [-0.2, 0) is 0 Å². The fourth-order valence-corrected chi connectivity index (χ4v) is 0.828. The highest BCUT2D eigenvalue weighted by Gasteiger charge is 2.08. The van der Waals surface area contributed by atoms with Gasteiger partial charge in [0.05, 0.1) is 0 Å². The van der Waals surface area contributed by atoms with Crippen LogP contribution in [0.1, 0.15) is 26.7 Å². The molecular weight excluding hydrogens is 122 g/mol. The molecule has 0 aliphatic rings. The van der Waals surface area contributed by atoms with Crippen LogP contribution in [0.4, 0.5) is 0 Å². The summed E-state index contributed by atoms with van der Waals surface area (Å²) < 4.78 is 0. The summed E-state index contributed by atoms with van der Waals surface area (Å²) in [4.78, 5) is 0. The fraction of sp³-hybridized carbons (Fsp3) is 0.778. The molecule has 0 aromatic carbocycles. The maximum absolute atomic E-state index is 5.49. The smallest absolute Gasteiger partial charge is 0.00887 e. The molecule has 0 spiro atoms. The third-order valence-corrected chi connectivity index (χ3v) is 2.09. The van der Waals surface area contributed by atoms with Crippen molar-refractivity contribution in [2.45, 2.75) is 26.7 Å². The molecule has 10 heavy (non-hydrogen) atoms. The second-order valence-corrected chi connectivity index (χ2v) is 2.93. The van der Waals surface area contributed by atoms with Gasteiger partial charge in [-0.25, -0.2) is 0 Å². The van der Waals surface area contributed by atoms with Crippen molar-refractivity contribution in [2.75, 3.05) is 6.54 Å². The van der Waals surface area contributed by atoms with E-state index in [2.05, 4.69) is 19.8 Å². The Morgan fingerprint density at radius 1 is 1.40 bits per heavy atom. The Morgan fingerprint density at radius 3 is 2.40 bits per heavy atom. The average Bonchev–Trinajstić information content (AvgIpc) is 1.98. The molecule has 0 aromatic rings. The second-order valence-electron chi connectivity index (χ2n) is 2.93. The molecule has 0 bridgehead atoms. The van der Waals surface area contributed by atoms with Gasteiger partial charge in [0.2, 0.25) is 0 Å². The summed E-state index contributed by atoms with van der Waals surface area (Å²) in [7, 11) is 0. The molecule has 2 atom stereocenters. The Morgan fingerprint density at radius 2 is 2.00 bits per heavy atom. The van der Waals surface area contributed by atoms with Gasteiger partial charge in [-0.2, -0.15) is 0 Å². The predicted molar refractivity (Wildman–Crippen MR) is 45.4 cm³/mol. The molecule has 0 radical (unpaired) electrons. The van der Waals surface area contributed by atoms with Crippen LogP contribution in [0.15, 0.2) is 0 Å². The van der Waals surface area contributed by atoms with Gasteiger partial charge < -0.3 is 5.73 Å². The molecule has 0 aliphatic heterocycles. The van der Waals surface area contributed by atoms with E-state index in [4.69, 9.17) is 12.2 Å². The monoisotopic (exact) mass is 139 g/mol. The van der Waals surface area contributed by atoms with Gasteiger partial charge in [-0.05, 0) is 24.8 Å². The van der Waals surface area contributed by atoms with Crippen molar-refractivity contribution in [3.05, 3.63) is 0 Å². The molecule has 0 saturated carbocycles. The molecular formula is C9H17N. The van der Waals surface area contributed by atoms with Gasteiger partial charge in [-0.1, -0.05) is 13.8 Å². The lowest BCUT2D eigenvalue weighted by atomic mass is 9.92. The van der Waals surface area contributed by atoms with Crippen molar-refractivity contribution in [1.82, 2.24) is 0 Å². The maximum Gasteiger partial charge on any atom is 0.00887 e. The summed E-state index contributed by atoms with van der Waals surface area (Å²) in [6.45, 7) is 5.14. The molecule has 0 aromatic heterocycles. The van der Waals surface area contributed by atoms with Crippen molar-refractivity contribution in [1.29, 1.82) is 0 Å². The van der Waals surface area contributed by atoms with Crippen molar-refractivity contribution >= 4 is 0 Å². The lowest BCUT2D eigenvalue weighted by Crippen LogP contribution is -2.18. The molecule has 2 N–H and O–H groups in total. The Hall–Kier alpha value is -0.480. The first-order valence-electron chi connectivity index (χ1n) is 3.86. The fourth-order valence-electron chi connectivity index (χ4n) is 0.828. The lowest BCUT2D eigenvalue weighted by molar-refractivity contribution is 0.377. The van der Waals surface area contributed by atoms with E-state index in [9.17, 15) is 0 Å². The van der Waals surface area contributed by atoms with Crippen LogP contribution in [0.2, 0.25) is 0 Å². The molecule has 0 rings (SSSR count). The van der Waals surface area contributed by atoms with Gasteiger partial charge in [0.15, 0.2) is 0 Å². The van der Waals surface area contributed by atoms with Crippen LogP contribution in [-0.4, -0.2) is 6.54 Å². The van der Waals surface area contributed by atoms with Crippen LogP contribution in [0.3, 0.4) is 0 Å². The minimum Gasteiger partial charge on any atom is -0.330 e. The third kappa shape index (κ3) is 3.53. The number of hydrogen-bond donors (Lipinski definition) is 1. The quantitative estimate of drug-likeness (QED) is 0.589. The van der Waals surface area contributed by atoms with Crippen molar-refractivity contribution in [3.63, 3.8) is 0 Å². The number of hydrogen-bond acceptors (Lipinski definition) is 1. The Balaban J connectivity index is 3.43. The van der Waals surface area contributed by atoms with Gasteiger partial charge in [0.1, 0.15) is 0 Å². The van der Waals surface area contributed by atoms with Crippen molar-refractivity contribution < 1.29 is 0 Å². The average molecular weight is 139 g/mol. The van der Waals surface area contributed by atoms with Crippen LogP contribution >= 0.6 is 0 Å². The van der Waals surface area contributed by atoms with Gasteiger partial charge in [0, 0.05) is 6.42 Å². The first-order chi connectivity index (χ1) is 4.72. The van der Waals surface area contributed by atoms with Crippen molar-refractivity contribution in [2.24, 2.45) is 17.6 Å². The zero-order valence-corrected chi connectivity index (χ0v) is 6.93. The minimum atomic E-state index is 0.605. The highest BCUT2D eigenvalue weighted by Crippen LogP contribution is 2.14. The SMILES string of the molecule is C#CCCC(C)C(C)CN. The minimum absolute atomic E-state index is 0.605. The van der Waals surface area contributed by atoms with E-state index in [-0.39, 0.29) is 0 Å². The third-order valence-electron chi connectivity index (χ3n) is 2.09. The number of terminal acetylenes is 1. The highest BCUT2D eigenvalue weighted by molar-refractivity contribution is 4.84. The Kier molecular flexibility index (Phi) is 5.06. The molecule has 58 valence electrons. The van der Waals surface area contributed by atoms with E-state index in [0.717, 1.165) is 19.4 Å². The zero-order valence-electron chi connectivity index (χ0n) is 6.93.